The van der Waals surface area contributed by atoms with Gasteiger partial charge in [-0.05, 0) is 12.8 Å². The highest BCUT2D eigenvalue weighted by molar-refractivity contribution is 6.29. The molecule has 2 heterocycles. The number of carbonyl (C=O) groups excluding carboxylic acids is 1. The fourth-order valence-electron chi connectivity index (χ4n) is 1.89. The minimum absolute atomic E-state index is 0.00596. The predicted octanol–water partition coefficient (Wildman–Crippen LogP) is 0.832. The summed E-state index contributed by atoms with van der Waals surface area (Å²) >= 11 is 5.79. The molecule has 0 aliphatic carbocycles. The van der Waals surface area contributed by atoms with E-state index in [1.165, 1.54) is 6.33 Å². The quantitative estimate of drug-likeness (QED) is 0.778. The lowest BCUT2D eigenvalue weighted by atomic mass is 9.96. The molecule has 2 rings (SSSR count). The summed E-state index contributed by atoms with van der Waals surface area (Å²) in [5.74, 6) is 0.594. The number of nitrogens with two attached hydrogens (primary N) is 1. The smallest absolute Gasteiger partial charge is 0.220 e. The number of amides is 1. The molecule has 0 atom stereocenters. The van der Waals surface area contributed by atoms with E-state index in [1.807, 2.05) is 0 Å². The Balaban J connectivity index is 2.01. The van der Waals surface area contributed by atoms with E-state index in [0.717, 1.165) is 31.7 Å². The van der Waals surface area contributed by atoms with Gasteiger partial charge in [-0.25, -0.2) is 9.97 Å². The molecular weight excluding hydrogens is 228 g/mol. The molecule has 5 nitrogen and oxygen atoms in total. The molecule has 1 aromatic heterocycles. The van der Waals surface area contributed by atoms with Crippen LogP contribution in [0.3, 0.4) is 0 Å². The number of hydrogen-bond acceptors (Lipinski definition) is 4. The van der Waals surface area contributed by atoms with E-state index >= 15 is 0 Å². The Morgan fingerprint density at radius 2 is 2.12 bits per heavy atom. The monoisotopic (exact) mass is 240 g/mol. The maximum absolute atomic E-state index is 11.0. The molecule has 2 N–H and O–H groups in total. The highest BCUT2D eigenvalue weighted by atomic mass is 35.5. The third kappa shape index (κ3) is 2.41. The average molecular weight is 241 g/mol. The Morgan fingerprint density at radius 1 is 1.44 bits per heavy atom. The van der Waals surface area contributed by atoms with Gasteiger partial charge >= 0.3 is 0 Å². The van der Waals surface area contributed by atoms with Gasteiger partial charge < -0.3 is 10.6 Å². The summed E-state index contributed by atoms with van der Waals surface area (Å²) < 4.78 is 0. The lowest BCUT2D eigenvalue weighted by molar-refractivity contribution is -0.122. The molecule has 1 fully saturated rings. The van der Waals surface area contributed by atoms with Gasteiger partial charge in [0.25, 0.3) is 0 Å². The molecule has 16 heavy (non-hydrogen) atoms. The van der Waals surface area contributed by atoms with E-state index in [1.54, 1.807) is 6.07 Å². The zero-order valence-corrected chi connectivity index (χ0v) is 9.52. The van der Waals surface area contributed by atoms with Crippen molar-refractivity contribution in [2.45, 2.75) is 12.8 Å². The molecule has 0 aromatic carbocycles. The van der Waals surface area contributed by atoms with Crippen molar-refractivity contribution in [3.8, 4) is 0 Å². The number of piperidine rings is 1. The first kappa shape index (κ1) is 11.1. The van der Waals surface area contributed by atoms with E-state index in [-0.39, 0.29) is 11.8 Å². The summed E-state index contributed by atoms with van der Waals surface area (Å²) in [5, 5.41) is 0.432. The van der Waals surface area contributed by atoms with Crippen LogP contribution in [-0.2, 0) is 4.79 Å². The van der Waals surface area contributed by atoms with Crippen LogP contribution in [0.1, 0.15) is 12.8 Å². The normalized spacial score (nSPS) is 17.4. The van der Waals surface area contributed by atoms with Crippen molar-refractivity contribution in [2.24, 2.45) is 11.7 Å². The highest BCUT2D eigenvalue weighted by Crippen LogP contribution is 2.22. The van der Waals surface area contributed by atoms with Gasteiger partial charge in [0.2, 0.25) is 5.91 Å². The molecule has 1 aromatic rings. The summed E-state index contributed by atoms with van der Waals surface area (Å²) in [6.07, 6.45) is 2.99. The molecule has 0 radical (unpaired) electrons. The van der Waals surface area contributed by atoms with Gasteiger partial charge in [-0.15, -0.1) is 0 Å². The maximum Gasteiger partial charge on any atom is 0.220 e. The van der Waals surface area contributed by atoms with Crippen LogP contribution in [-0.4, -0.2) is 29.0 Å². The molecule has 0 bridgehead atoms. The lowest BCUT2D eigenvalue weighted by Crippen LogP contribution is -2.38. The van der Waals surface area contributed by atoms with Crippen LogP contribution in [0.4, 0.5) is 5.82 Å². The van der Waals surface area contributed by atoms with Gasteiger partial charge in [0.15, 0.2) is 0 Å². The molecule has 1 aliphatic heterocycles. The van der Waals surface area contributed by atoms with E-state index < -0.39 is 0 Å². The third-order valence-electron chi connectivity index (χ3n) is 2.84. The van der Waals surface area contributed by atoms with E-state index in [0.29, 0.717) is 5.15 Å². The van der Waals surface area contributed by atoms with E-state index in [9.17, 15) is 4.79 Å². The summed E-state index contributed by atoms with van der Waals surface area (Å²) in [6.45, 7) is 1.56. The van der Waals surface area contributed by atoms with Crippen LogP contribution in [0.2, 0.25) is 5.15 Å². The van der Waals surface area contributed by atoms with Crippen molar-refractivity contribution < 1.29 is 4.79 Å². The summed E-state index contributed by atoms with van der Waals surface area (Å²) in [5.41, 5.74) is 5.27. The second-order valence-corrected chi connectivity index (χ2v) is 4.25. The second kappa shape index (κ2) is 4.65. The third-order valence-corrected chi connectivity index (χ3v) is 3.05. The Bertz CT molecular complexity index is 390. The van der Waals surface area contributed by atoms with Crippen molar-refractivity contribution in [2.75, 3.05) is 18.0 Å². The summed E-state index contributed by atoms with van der Waals surface area (Å²) in [6, 6.07) is 1.73. The number of nitrogens with zero attached hydrogens (tertiary/aromatic N) is 3. The maximum atomic E-state index is 11.0. The van der Waals surface area contributed by atoms with Gasteiger partial charge in [0, 0.05) is 25.1 Å². The van der Waals surface area contributed by atoms with Gasteiger partial charge in [0.05, 0.1) is 0 Å². The van der Waals surface area contributed by atoms with Crippen molar-refractivity contribution >= 4 is 23.3 Å². The van der Waals surface area contributed by atoms with Crippen LogP contribution >= 0.6 is 11.6 Å². The zero-order valence-electron chi connectivity index (χ0n) is 8.77. The van der Waals surface area contributed by atoms with Crippen LogP contribution in [0, 0.1) is 5.92 Å². The van der Waals surface area contributed by atoms with E-state index in [4.69, 9.17) is 17.3 Å². The predicted molar refractivity (Wildman–Crippen MR) is 61.2 cm³/mol. The number of hydrogen-bond donors (Lipinski definition) is 1. The minimum Gasteiger partial charge on any atom is -0.369 e. The number of aromatic nitrogens is 2. The Morgan fingerprint density at radius 3 is 2.69 bits per heavy atom. The molecule has 0 unspecified atom stereocenters. The number of primary amides is 1. The Labute approximate surface area is 98.6 Å². The first-order chi connectivity index (χ1) is 7.66. The van der Waals surface area contributed by atoms with Crippen molar-refractivity contribution in [1.29, 1.82) is 0 Å². The topological polar surface area (TPSA) is 72.1 Å². The van der Waals surface area contributed by atoms with Gasteiger partial charge in [0.1, 0.15) is 17.3 Å². The second-order valence-electron chi connectivity index (χ2n) is 3.86. The fraction of sp³-hybridized carbons (Fsp3) is 0.500. The fourth-order valence-corrected chi connectivity index (χ4v) is 2.03. The molecule has 0 spiro atoms. The van der Waals surface area contributed by atoms with Crippen molar-refractivity contribution in [1.82, 2.24) is 9.97 Å². The van der Waals surface area contributed by atoms with E-state index in [2.05, 4.69) is 14.9 Å². The molecule has 1 amide bonds. The van der Waals surface area contributed by atoms with Crippen molar-refractivity contribution in [3.63, 3.8) is 0 Å². The standard InChI is InChI=1S/C10H13ClN4O/c11-8-5-9(14-6-13-8)15-3-1-7(2-4-15)10(12)16/h5-7H,1-4H2,(H2,12,16). The van der Waals surface area contributed by atoms with Crippen LogP contribution in [0.25, 0.3) is 0 Å². The summed E-state index contributed by atoms with van der Waals surface area (Å²) in [4.78, 5) is 21.1. The van der Waals surface area contributed by atoms with Crippen LogP contribution in [0.15, 0.2) is 12.4 Å². The lowest BCUT2D eigenvalue weighted by Gasteiger charge is -2.31. The number of carbonyl (C=O) groups is 1. The largest absolute Gasteiger partial charge is 0.369 e. The highest BCUT2D eigenvalue weighted by Gasteiger charge is 2.23. The Hall–Kier alpha value is -1.36. The zero-order chi connectivity index (χ0) is 11.5. The molecule has 1 saturated heterocycles. The van der Waals surface area contributed by atoms with Gasteiger partial charge in [-0.3, -0.25) is 4.79 Å². The van der Waals surface area contributed by atoms with Crippen LogP contribution < -0.4 is 10.6 Å². The first-order valence-corrected chi connectivity index (χ1v) is 5.56. The van der Waals surface area contributed by atoms with Gasteiger partial charge in [-0.2, -0.15) is 0 Å². The number of rotatable bonds is 2. The van der Waals surface area contributed by atoms with Gasteiger partial charge in [-0.1, -0.05) is 11.6 Å². The molecule has 0 saturated carbocycles. The molecule has 6 heteroatoms. The number of anilines is 1. The Kier molecular flexibility index (Phi) is 3.24. The van der Waals surface area contributed by atoms with Crippen LogP contribution in [0.5, 0.6) is 0 Å². The molecule has 86 valence electrons. The average Bonchev–Trinajstić information content (AvgIpc) is 2.29. The molecular formula is C10H13ClN4O. The SMILES string of the molecule is NC(=O)C1CCN(c2cc(Cl)ncn2)CC1. The first-order valence-electron chi connectivity index (χ1n) is 5.18. The molecule has 1 aliphatic rings. The number of halogens is 1. The minimum atomic E-state index is -0.208. The van der Waals surface area contributed by atoms with Crippen molar-refractivity contribution in [3.05, 3.63) is 17.5 Å². The summed E-state index contributed by atoms with van der Waals surface area (Å²) in [7, 11) is 0.